The molecule has 10 heteroatoms. The molecule has 0 spiro atoms. The Morgan fingerprint density at radius 1 is 1.35 bits per heavy atom. The maximum atomic E-state index is 11.6. The van der Waals surface area contributed by atoms with Gasteiger partial charge in [-0.3, -0.25) is 9.89 Å². The van der Waals surface area contributed by atoms with E-state index >= 15 is 0 Å². The van der Waals surface area contributed by atoms with Crippen LogP contribution < -0.4 is 10.2 Å². The lowest BCUT2D eigenvalue weighted by atomic mass is 10.3. The van der Waals surface area contributed by atoms with E-state index in [1.807, 2.05) is 36.2 Å². The highest BCUT2D eigenvalue weighted by Crippen LogP contribution is 2.22. The molecule has 4 rings (SSSR count). The summed E-state index contributed by atoms with van der Waals surface area (Å²) in [6.45, 7) is 3.77. The quantitative estimate of drug-likeness (QED) is 0.609. The number of hydrogen-bond acceptors (Lipinski definition) is 7. The SMILES string of the molecule is Cc1cc(Nc2nc(N3CCN(C(=O)CO)CC3)nn3cccc23)n[nH]1. The molecule has 3 aromatic rings. The Hall–Kier alpha value is -3.14. The van der Waals surface area contributed by atoms with E-state index in [4.69, 9.17) is 5.11 Å². The van der Waals surface area contributed by atoms with Crippen LogP contribution in [0.3, 0.4) is 0 Å². The summed E-state index contributed by atoms with van der Waals surface area (Å²) in [6, 6.07) is 5.75. The number of aryl methyl sites for hydroxylation is 1. The third-order valence-electron chi connectivity index (χ3n) is 4.38. The fraction of sp³-hybridized carbons (Fsp3) is 0.375. The van der Waals surface area contributed by atoms with E-state index in [0.29, 0.717) is 43.8 Å². The number of aliphatic hydroxyl groups is 1. The summed E-state index contributed by atoms with van der Waals surface area (Å²) < 4.78 is 1.77. The van der Waals surface area contributed by atoms with Gasteiger partial charge in [-0.05, 0) is 19.1 Å². The van der Waals surface area contributed by atoms with E-state index in [2.05, 4.69) is 25.6 Å². The number of H-pyrrole nitrogens is 1. The van der Waals surface area contributed by atoms with Gasteiger partial charge >= 0.3 is 0 Å². The molecular weight excluding hydrogens is 336 g/mol. The molecule has 136 valence electrons. The molecule has 3 aromatic heterocycles. The van der Waals surface area contributed by atoms with Crippen LogP contribution in [0.15, 0.2) is 24.4 Å². The van der Waals surface area contributed by atoms with E-state index in [0.717, 1.165) is 11.2 Å². The highest BCUT2D eigenvalue weighted by molar-refractivity contribution is 5.77. The zero-order valence-electron chi connectivity index (χ0n) is 14.4. The number of hydrogen-bond donors (Lipinski definition) is 3. The summed E-state index contributed by atoms with van der Waals surface area (Å²) in [6.07, 6.45) is 1.87. The summed E-state index contributed by atoms with van der Waals surface area (Å²) in [5.74, 6) is 1.69. The maximum absolute atomic E-state index is 11.6. The summed E-state index contributed by atoms with van der Waals surface area (Å²) in [7, 11) is 0. The fourth-order valence-electron chi connectivity index (χ4n) is 3.01. The predicted octanol–water partition coefficient (Wildman–Crippen LogP) is 0.145. The lowest BCUT2D eigenvalue weighted by Gasteiger charge is -2.34. The topological polar surface area (TPSA) is 115 Å². The van der Waals surface area contributed by atoms with E-state index in [1.165, 1.54) is 0 Å². The summed E-state index contributed by atoms with van der Waals surface area (Å²) >= 11 is 0. The molecule has 1 aliphatic heterocycles. The molecule has 1 aliphatic rings. The molecule has 0 saturated carbocycles. The third-order valence-corrected chi connectivity index (χ3v) is 4.38. The number of amides is 1. The zero-order chi connectivity index (χ0) is 18.1. The van der Waals surface area contributed by atoms with E-state index in [1.54, 1.807) is 9.42 Å². The zero-order valence-corrected chi connectivity index (χ0v) is 14.4. The van der Waals surface area contributed by atoms with Crippen LogP contribution in [0.5, 0.6) is 0 Å². The van der Waals surface area contributed by atoms with Gasteiger partial charge in [-0.2, -0.15) is 10.1 Å². The number of carbonyl (C=O) groups excluding carboxylic acids is 1. The van der Waals surface area contributed by atoms with E-state index in [-0.39, 0.29) is 5.91 Å². The Balaban J connectivity index is 1.59. The molecule has 0 atom stereocenters. The van der Waals surface area contributed by atoms with Crippen LogP contribution in [0, 0.1) is 6.92 Å². The molecule has 0 bridgehead atoms. The van der Waals surface area contributed by atoms with Gasteiger partial charge in [0.2, 0.25) is 11.9 Å². The van der Waals surface area contributed by atoms with Crippen molar-refractivity contribution in [2.45, 2.75) is 6.92 Å². The minimum absolute atomic E-state index is 0.248. The molecule has 1 amide bonds. The monoisotopic (exact) mass is 356 g/mol. The summed E-state index contributed by atoms with van der Waals surface area (Å²) in [5, 5.41) is 23.9. The van der Waals surface area contributed by atoms with Crippen LogP contribution in [-0.2, 0) is 4.79 Å². The van der Waals surface area contributed by atoms with Crippen molar-refractivity contribution >= 4 is 29.0 Å². The molecule has 3 N–H and O–H groups in total. The molecule has 4 heterocycles. The number of anilines is 3. The Bertz CT molecular complexity index is 925. The van der Waals surface area contributed by atoms with Crippen molar-refractivity contribution in [3.8, 4) is 0 Å². The minimum Gasteiger partial charge on any atom is -0.387 e. The van der Waals surface area contributed by atoms with Gasteiger partial charge in [0, 0.05) is 44.1 Å². The van der Waals surface area contributed by atoms with Gasteiger partial charge in [0.1, 0.15) is 12.1 Å². The normalized spacial score (nSPS) is 14.8. The second-order valence-corrected chi connectivity index (χ2v) is 6.19. The van der Waals surface area contributed by atoms with Crippen LogP contribution in [0.2, 0.25) is 0 Å². The van der Waals surface area contributed by atoms with Crippen LogP contribution in [0.1, 0.15) is 5.69 Å². The highest BCUT2D eigenvalue weighted by atomic mass is 16.3. The summed E-state index contributed by atoms with van der Waals surface area (Å²) in [5.41, 5.74) is 1.81. The number of aromatic nitrogens is 5. The number of fused-ring (bicyclic) bond motifs is 1. The number of nitrogens with zero attached hydrogens (tertiary/aromatic N) is 6. The van der Waals surface area contributed by atoms with Gasteiger partial charge in [-0.1, -0.05) is 0 Å². The smallest absolute Gasteiger partial charge is 0.248 e. The lowest BCUT2D eigenvalue weighted by Crippen LogP contribution is -2.50. The van der Waals surface area contributed by atoms with Crippen molar-refractivity contribution in [2.75, 3.05) is 43.0 Å². The molecular formula is C16H20N8O2. The van der Waals surface area contributed by atoms with Crippen LogP contribution in [0.4, 0.5) is 17.6 Å². The second-order valence-electron chi connectivity index (χ2n) is 6.19. The third kappa shape index (κ3) is 3.06. The molecule has 1 fully saturated rings. The molecule has 0 aliphatic carbocycles. The first-order valence-electron chi connectivity index (χ1n) is 8.42. The average Bonchev–Trinajstić information content (AvgIpc) is 3.30. The minimum atomic E-state index is -0.455. The standard InChI is InChI=1S/C16H20N8O2/c1-11-9-13(20-19-11)17-15-12-3-2-4-24(12)21-16(18-15)23-7-5-22(6-8-23)14(26)10-25/h2-4,9,25H,5-8,10H2,1H3,(H2,17,18,19,20,21). The molecule has 10 nitrogen and oxygen atoms in total. The molecule has 0 aromatic carbocycles. The van der Waals surface area contributed by atoms with Crippen molar-refractivity contribution in [1.29, 1.82) is 0 Å². The number of aromatic amines is 1. The fourth-order valence-corrected chi connectivity index (χ4v) is 3.01. The first kappa shape index (κ1) is 16.3. The van der Waals surface area contributed by atoms with Crippen molar-refractivity contribution in [3.05, 3.63) is 30.1 Å². The number of nitrogens with one attached hydrogen (secondary N) is 2. The number of carbonyl (C=O) groups is 1. The Morgan fingerprint density at radius 2 is 2.15 bits per heavy atom. The Morgan fingerprint density at radius 3 is 2.85 bits per heavy atom. The largest absolute Gasteiger partial charge is 0.387 e. The Kier molecular flexibility index (Phi) is 4.17. The number of aliphatic hydroxyl groups excluding tert-OH is 1. The van der Waals surface area contributed by atoms with Crippen LogP contribution in [0.25, 0.3) is 5.52 Å². The average molecular weight is 356 g/mol. The first-order chi connectivity index (χ1) is 12.6. The van der Waals surface area contributed by atoms with Crippen molar-refractivity contribution in [3.63, 3.8) is 0 Å². The molecule has 26 heavy (non-hydrogen) atoms. The predicted molar refractivity (Wildman–Crippen MR) is 95.5 cm³/mol. The van der Waals surface area contributed by atoms with Crippen molar-refractivity contribution in [1.82, 2.24) is 29.7 Å². The van der Waals surface area contributed by atoms with Crippen molar-refractivity contribution in [2.24, 2.45) is 0 Å². The van der Waals surface area contributed by atoms with Gasteiger partial charge < -0.3 is 20.2 Å². The molecule has 0 radical (unpaired) electrons. The van der Waals surface area contributed by atoms with Gasteiger partial charge in [-0.15, -0.1) is 5.10 Å². The lowest BCUT2D eigenvalue weighted by molar-refractivity contribution is -0.134. The van der Waals surface area contributed by atoms with Gasteiger partial charge in [0.05, 0.1) is 0 Å². The van der Waals surface area contributed by atoms with E-state index in [9.17, 15) is 4.79 Å². The second kappa shape index (κ2) is 6.64. The number of rotatable bonds is 4. The van der Waals surface area contributed by atoms with Gasteiger partial charge in [-0.25, -0.2) is 4.52 Å². The van der Waals surface area contributed by atoms with Gasteiger partial charge in [0.15, 0.2) is 11.6 Å². The van der Waals surface area contributed by atoms with Crippen LogP contribution in [-0.4, -0.2) is 73.5 Å². The highest BCUT2D eigenvalue weighted by Gasteiger charge is 2.23. The number of piperazine rings is 1. The van der Waals surface area contributed by atoms with Gasteiger partial charge in [0.25, 0.3) is 0 Å². The first-order valence-corrected chi connectivity index (χ1v) is 8.42. The molecule has 1 saturated heterocycles. The molecule has 0 unspecified atom stereocenters. The maximum Gasteiger partial charge on any atom is 0.248 e. The van der Waals surface area contributed by atoms with Crippen molar-refractivity contribution < 1.29 is 9.90 Å². The summed E-state index contributed by atoms with van der Waals surface area (Å²) in [4.78, 5) is 20.0. The Labute approximate surface area is 149 Å². The van der Waals surface area contributed by atoms with E-state index < -0.39 is 6.61 Å². The van der Waals surface area contributed by atoms with Crippen LogP contribution >= 0.6 is 0 Å².